The summed E-state index contributed by atoms with van der Waals surface area (Å²) in [6, 6.07) is 7.54. The molecule has 1 amide bonds. The summed E-state index contributed by atoms with van der Waals surface area (Å²) in [4.78, 5) is 20.4. The minimum atomic E-state index is -0.00314. The topological polar surface area (TPSA) is 55.4 Å². The monoisotopic (exact) mass is 235 g/mol. The third-order valence-corrected chi connectivity index (χ3v) is 2.43. The smallest absolute Gasteiger partial charge is 0.207 e. The maximum absolute atomic E-state index is 10.3. The zero-order chi connectivity index (χ0) is 12.5. The van der Waals surface area contributed by atoms with Gasteiger partial charge >= 0.3 is 0 Å². The molecule has 1 N–H and O–H groups in total. The first-order chi connectivity index (χ1) is 8.27. The van der Waals surface area contributed by atoms with E-state index in [0.29, 0.717) is 19.4 Å². The second-order valence-corrected chi connectivity index (χ2v) is 3.73. The van der Waals surface area contributed by atoms with Crippen molar-refractivity contribution in [3.8, 4) is 5.75 Å². The molecule has 4 heteroatoms. The van der Waals surface area contributed by atoms with Crippen LogP contribution in [0.3, 0.4) is 0 Å². The van der Waals surface area contributed by atoms with Gasteiger partial charge in [0.05, 0.1) is 12.6 Å². The molecule has 92 valence electrons. The Bertz CT molecular complexity index is 348. The van der Waals surface area contributed by atoms with E-state index in [1.165, 1.54) is 0 Å². The summed E-state index contributed by atoms with van der Waals surface area (Å²) in [6.07, 6.45) is 2.83. The summed E-state index contributed by atoms with van der Waals surface area (Å²) >= 11 is 0. The Morgan fingerprint density at radius 2 is 2.00 bits per heavy atom. The van der Waals surface area contributed by atoms with Crippen LogP contribution < -0.4 is 10.1 Å². The molecule has 17 heavy (non-hydrogen) atoms. The zero-order valence-electron chi connectivity index (χ0n) is 9.89. The summed E-state index contributed by atoms with van der Waals surface area (Å²) < 4.78 is 5.45. The molecule has 1 aromatic carbocycles. The van der Waals surface area contributed by atoms with Crippen molar-refractivity contribution >= 4 is 12.7 Å². The Kier molecular flexibility index (Phi) is 5.79. The molecule has 0 aliphatic rings. The van der Waals surface area contributed by atoms with Crippen LogP contribution in [0.25, 0.3) is 0 Å². The SMILES string of the molecule is CC(NC=O)c1ccc(OCCCC=O)cc1. The first kappa shape index (κ1) is 13.2. The highest BCUT2D eigenvalue weighted by molar-refractivity contribution is 5.49. The molecule has 4 nitrogen and oxygen atoms in total. The van der Waals surface area contributed by atoms with E-state index in [-0.39, 0.29) is 6.04 Å². The molecule has 0 radical (unpaired) electrons. The fraction of sp³-hybridized carbons (Fsp3) is 0.385. The summed E-state index contributed by atoms with van der Waals surface area (Å²) in [5.74, 6) is 0.776. The lowest BCUT2D eigenvalue weighted by atomic mass is 10.1. The molecular weight excluding hydrogens is 218 g/mol. The molecule has 1 atom stereocenters. The fourth-order valence-corrected chi connectivity index (χ4v) is 1.41. The van der Waals surface area contributed by atoms with E-state index < -0.39 is 0 Å². The van der Waals surface area contributed by atoms with E-state index in [9.17, 15) is 9.59 Å². The number of aldehydes is 1. The average molecular weight is 235 g/mol. The van der Waals surface area contributed by atoms with Gasteiger partial charge in [0.25, 0.3) is 0 Å². The number of unbranched alkanes of at least 4 members (excludes halogenated alkanes) is 1. The van der Waals surface area contributed by atoms with E-state index >= 15 is 0 Å². The zero-order valence-corrected chi connectivity index (χ0v) is 9.89. The van der Waals surface area contributed by atoms with Gasteiger partial charge < -0.3 is 14.8 Å². The predicted octanol–water partition coefficient (Wildman–Crippen LogP) is 1.85. The number of ether oxygens (including phenoxy) is 1. The van der Waals surface area contributed by atoms with E-state index in [2.05, 4.69) is 5.32 Å². The fourth-order valence-electron chi connectivity index (χ4n) is 1.41. The maximum Gasteiger partial charge on any atom is 0.207 e. The van der Waals surface area contributed by atoms with Gasteiger partial charge in [0.2, 0.25) is 6.41 Å². The summed E-state index contributed by atoms with van der Waals surface area (Å²) in [5.41, 5.74) is 1.03. The van der Waals surface area contributed by atoms with Crippen LogP contribution in [0.4, 0.5) is 0 Å². The molecule has 1 unspecified atom stereocenters. The quantitative estimate of drug-likeness (QED) is 0.552. The second kappa shape index (κ2) is 7.44. The van der Waals surface area contributed by atoms with E-state index in [1.807, 2.05) is 31.2 Å². The molecule has 0 fully saturated rings. The molecule has 0 heterocycles. The van der Waals surface area contributed by atoms with E-state index in [1.54, 1.807) is 0 Å². The third kappa shape index (κ3) is 4.68. The van der Waals surface area contributed by atoms with Gasteiger partial charge in [-0.25, -0.2) is 0 Å². The molecular formula is C13H17NO3. The summed E-state index contributed by atoms with van der Waals surface area (Å²) in [6.45, 7) is 2.45. The van der Waals surface area contributed by atoms with Crippen LogP contribution in [0.2, 0.25) is 0 Å². The van der Waals surface area contributed by atoms with Gasteiger partial charge in [-0.05, 0) is 31.0 Å². The molecule has 0 bridgehead atoms. The Hall–Kier alpha value is -1.84. The molecule has 1 rings (SSSR count). The van der Waals surface area contributed by atoms with Crippen LogP contribution >= 0.6 is 0 Å². The highest BCUT2D eigenvalue weighted by Gasteiger charge is 2.03. The van der Waals surface area contributed by atoms with Crippen molar-refractivity contribution in [2.24, 2.45) is 0 Å². The van der Waals surface area contributed by atoms with Crippen molar-refractivity contribution in [1.82, 2.24) is 5.32 Å². The summed E-state index contributed by atoms with van der Waals surface area (Å²) in [5, 5.41) is 2.68. The second-order valence-electron chi connectivity index (χ2n) is 3.73. The minimum Gasteiger partial charge on any atom is -0.494 e. The van der Waals surface area contributed by atoms with Gasteiger partial charge in [-0.3, -0.25) is 4.79 Å². The molecule has 1 aromatic rings. The standard InChI is InChI=1S/C13H17NO3/c1-11(14-10-16)12-4-6-13(7-5-12)17-9-3-2-8-15/h4-8,10-11H,2-3,9H2,1H3,(H,14,16). The highest BCUT2D eigenvalue weighted by Crippen LogP contribution is 2.17. The van der Waals surface area contributed by atoms with Crippen molar-refractivity contribution in [3.05, 3.63) is 29.8 Å². The van der Waals surface area contributed by atoms with Crippen molar-refractivity contribution in [3.63, 3.8) is 0 Å². The number of hydrogen-bond donors (Lipinski definition) is 1. The normalized spacial score (nSPS) is 11.6. The largest absolute Gasteiger partial charge is 0.494 e. The van der Waals surface area contributed by atoms with Crippen molar-refractivity contribution in [2.45, 2.75) is 25.8 Å². The van der Waals surface area contributed by atoms with Crippen molar-refractivity contribution < 1.29 is 14.3 Å². The number of amides is 1. The van der Waals surface area contributed by atoms with Crippen LogP contribution in [0.1, 0.15) is 31.4 Å². The molecule has 0 saturated carbocycles. The van der Waals surface area contributed by atoms with Gasteiger partial charge in [0, 0.05) is 6.42 Å². The summed E-state index contributed by atoms with van der Waals surface area (Å²) in [7, 11) is 0. The minimum absolute atomic E-state index is 0.00314. The molecule has 0 spiro atoms. The lowest BCUT2D eigenvalue weighted by molar-refractivity contribution is -0.110. The first-order valence-corrected chi connectivity index (χ1v) is 5.64. The number of rotatable bonds is 8. The van der Waals surface area contributed by atoms with Gasteiger partial charge in [-0.1, -0.05) is 12.1 Å². The number of benzene rings is 1. The van der Waals surface area contributed by atoms with Crippen LogP contribution in [0.15, 0.2) is 24.3 Å². The maximum atomic E-state index is 10.3. The lowest BCUT2D eigenvalue weighted by Crippen LogP contribution is -2.15. The Labute approximate surface area is 101 Å². The van der Waals surface area contributed by atoms with Gasteiger partial charge in [0.15, 0.2) is 0 Å². The molecule has 0 aliphatic carbocycles. The Morgan fingerprint density at radius 3 is 2.59 bits per heavy atom. The Morgan fingerprint density at radius 1 is 1.29 bits per heavy atom. The van der Waals surface area contributed by atoms with Gasteiger partial charge in [-0.15, -0.1) is 0 Å². The number of hydrogen-bond acceptors (Lipinski definition) is 3. The molecule has 0 aliphatic heterocycles. The van der Waals surface area contributed by atoms with E-state index in [0.717, 1.165) is 24.0 Å². The van der Waals surface area contributed by atoms with Crippen molar-refractivity contribution in [2.75, 3.05) is 6.61 Å². The third-order valence-electron chi connectivity index (χ3n) is 2.43. The first-order valence-electron chi connectivity index (χ1n) is 5.64. The predicted molar refractivity (Wildman–Crippen MR) is 64.8 cm³/mol. The lowest BCUT2D eigenvalue weighted by Gasteiger charge is -2.11. The van der Waals surface area contributed by atoms with Crippen LogP contribution in [0.5, 0.6) is 5.75 Å². The average Bonchev–Trinajstić information content (AvgIpc) is 2.36. The highest BCUT2D eigenvalue weighted by atomic mass is 16.5. The van der Waals surface area contributed by atoms with Crippen LogP contribution in [-0.2, 0) is 9.59 Å². The number of carbonyl (C=O) groups excluding carboxylic acids is 2. The van der Waals surface area contributed by atoms with Gasteiger partial charge in [0.1, 0.15) is 12.0 Å². The van der Waals surface area contributed by atoms with Crippen molar-refractivity contribution in [1.29, 1.82) is 0 Å². The van der Waals surface area contributed by atoms with Crippen LogP contribution in [-0.4, -0.2) is 19.3 Å². The van der Waals surface area contributed by atoms with Gasteiger partial charge in [-0.2, -0.15) is 0 Å². The Balaban J connectivity index is 2.44. The number of nitrogens with one attached hydrogen (secondary N) is 1. The molecule has 0 saturated heterocycles. The number of carbonyl (C=O) groups is 2. The molecule has 0 aromatic heterocycles. The van der Waals surface area contributed by atoms with E-state index in [4.69, 9.17) is 4.74 Å². The van der Waals surface area contributed by atoms with Crippen LogP contribution in [0, 0.1) is 0 Å².